The lowest BCUT2D eigenvalue weighted by Gasteiger charge is -2.10. The van der Waals surface area contributed by atoms with Gasteiger partial charge in [0, 0.05) is 15.8 Å². The molecule has 2 rings (SSSR count). The van der Waals surface area contributed by atoms with Crippen molar-refractivity contribution in [3.05, 3.63) is 52.0 Å². The molecule has 2 nitrogen and oxygen atoms in total. The van der Waals surface area contributed by atoms with Crippen molar-refractivity contribution < 1.29 is 0 Å². The number of anilines is 3. The second-order valence-electron chi connectivity index (χ2n) is 4.18. The van der Waals surface area contributed by atoms with E-state index in [4.69, 9.17) is 5.73 Å². The molecule has 0 aromatic heterocycles. The van der Waals surface area contributed by atoms with E-state index in [-0.39, 0.29) is 0 Å². The van der Waals surface area contributed by atoms with Gasteiger partial charge in [0.15, 0.2) is 0 Å². The van der Waals surface area contributed by atoms with E-state index in [1.807, 2.05) is 25.1 Å². The van der Waals surface area contributed by atoms with Crippen LogP contribution in [0.3, 0.4) is 0 Å². The summed E-state index contributed by atoms with van der Waals surface area (Å²) < 4.78 is 1.06. The molecule has 88 valence electrons. The third kappa shape index (κ3) is 2.80. The Kier molecular flexibility index (Phi) is 3.38. The number of nitrogens with two attached hydrogens (primary N) is 1. The highest BCUT2D eigenvalue weighted by Crippen LogP contribution is 2.27. The largest absolute Gasteiger partial charge is 0.399 e. The van der Waals surface area contributed by atoms with Crippen molar-refractivity contribution in [2.24, 2.45) is 0 Å². The van der Waals surface area contributed by atoms with E-state index in [1.165, 1.54) is 5.56 Å². The number of hydrogen-bond acceptors (Lipinski definition) is 2. The Morgan fingerprint density at radius 2 is 1.82 bits per heavy atom. The summed E-state index contributed by atoms with van der Waals surface area (Å²) in [5, 5.41) is 3.37. The zero-order valence-electron chi connectivity index (χ0n) is 9.92. The summed E-state index contributed by atoms with van der Waals surface area (Å²) in [4.78, 5) is 0. The van der Waals surface area contributed by atoms with Crippen molar-refractivity contribution in [2.75, 3.05) is 11.1 Å². The lowest BCUT2D eigenvalue weighted by Crippen LogP contribution is -1.94. The highest BCUT2D eigenvalue weighted by Gasteiger charge is 2.01. The van der Waals surface area contributed by atoms with Crippen LogP contribution < -0.4 is 11.1 Å². The molecule has 0 aliphatic rings. The Labute approximate surface area is 110 Å². The van der Waals surface area contributed by atoms with Crippen LogP contribution >= 0.6 is 15.9 Å². The van der Waals surface area contributed by atoms with Crippen molar-refractivity contribution in [1.82, 2.24) is 0 Å². The molecule has 0 amide bonds. The third-order valence-electron chi connectivity index (χ3n) is 2.67. The van der Waals surface area contributed by atoms with E-state index in [1.54, 1.807) is 0 Å². The molecule has 0 aliphatic carbocycles. The van der Waals surface area contributed by atoms with Crippen LogP contribution in [0.25, 0.3) is 0 Å². The summed E-state index contributed by atoms with van der Waals surface area (Å²) in [6.07, 6.45) is 0. The first-order valence-corrected chi connectivity index (χ1v) is 6.25. The van der Waals surface area contributed by atoms with Gasteiger partial charge in [0.05, 0.1) is 5.69 Å². The van der Waals surface area contributed by atoms with Gasteiger partial charge in [0.1, 0.15) is 0 Å². The van der Waals surface area contributed by atoms with E-state index in [2.05, 4.69) is 46.4 Å². The number of benzene rings is 2. The van der Waals surface area contributed by atoms with Crippen molar-refractivity contribution in [1.29, 1.82) is 0 Å². The Hall–Kier alpha value is -1.48. The van der Waals surface area contributed by atoms with E-state index in [0.717, 1.165) is 27.1 Å². The molecule has 2 aromatic carbocycles. The van der Waals surface area contributed by atoms with Crippen LogP contribution in [-0.4, -0.2) is 0 Å². The molecule has 0 aliphatic heterocycles. The van der Waals surface area contributed by atoms with Gasteiger partial charge in [-0.3, -0.25) is 0 Å². The standard InChI is InChI=1S/C14H15BrN2/c1-9-3-6-14(12(15)7-9)17-11-4-5-13(16)10(2)8-11/h3-8,17H,16H2,1-2H3. The van der Waals surface area contributed by atoms with Crippen LogP contribution in [0, 0.1) is 13.8 Å². The Bertz CT molecular complexity index is 550. The van der Waals surface area contributed by atoms with Gasteiger partial charge in [-0.1, -0.05) is 6.07 Å². The molecule has 0 bridgehead atoms. The SMILES string of the molecule is Cc1ccc(Nc2ccc(N)c(C)c2)c(Br)c1. The number of nitrogen functional groups attached to an aromatic ring is 1. The Morgan fingerprint density at radius 1 is 1.06 bits per heavy atom. The topological polar surface area (TPSA) is 38.0 Å². The molecule has 0 saturated heterocycles. The first kappa shape index (κ1) is 12.0. The first-order valence-electron chi connectivity index (χ1n) is 5.45. The molecule has 0 atom stereocenters. The van der Waals surface area contributed by atoms with Gasteiger partial charge in [-0.05, 0) is 71.2 Å². The average molecular weight is 291 g/mol. The summed E-state index contributed by atoms with van der Waals surface area (Å²) in [5.74, 6) is 0. The van der Waals surface area contributed by atoms with Crippen molar-refractivity contribution >= 4 is 33.0 Å². The summed E-state index contributed by atoms with van der Waals surface area (Å²) in [6, 6.07) is 12.2. The Morgan fingerprint density at radius 3 is 2.47 bits per heavy atom. The molecule has 0 radical (unpaired) electrons. The van der Waals surface area contributed by atoms with Crippen LogP contribution in [0.4, 0.5) is 17.1 Å². The van der Waals surface area contributed by atoms with Gasteiger partial charge in [-0.15, -0.1) is 0 Å². The minimum Gasteiger partial charge on any atom is -0.399 e. The predicted molar refractivity (Wildman–Crippen MR) is 77.8 cm³/mol. The second kappa shape index (κ2) is 4.80. The van der Waals surface area contributed by atoms with E-state index < -0.39 is 0 Å². The third-order valence-corrected chi connectivity index (χ3v) is 3.33. The van der Waals surface area contributed by atoms with E-state index in [9.17, 15) is 0 Å². The zero-order chi connectivity index (χ0) is 12.4. The Balaban J connectivity index is 2.28. The van der Waals surface area contributed by atoms with Crippen LogP contribution in [0.1, 0.15) is 11.1 Å². The summed E-state index contributed by atoms with van der Waals surface area (Å²) >= 11 is 3.55. The van der Waals surface area contributed by atoms with Crippen LogP contribution in [0.15, 0.2) is 40.9 Å². The lowest BCUT2D eigenvalue weighted by atomic mass is 10.1. The summed E-state index contributed by atoms with van der Waals surface area (Å²) in [7, 11) is 0. The summed E-state index contributed by atoms with van der Waals surface area (Å²) in [5.41, 5.74) is 11.0. The molecule has 0 spiro atoms. The highest BCUT2D eigenvalue weighted by atomic mass is 79.9. The summed E-state index contributed by atoms with van der Waals surface area (Å²) in [6.45, 7) is 4.08. The molecule has 0 heterocycles. The fourth-order valence-electron chi connectivity index (χ4n) is 1.63. The zero-order valence-corrected chi connectivity index (χ0v) is 11.5. The minimum absolute atomic E-state index is 0.818. The van der Waals surface area contributed by atoms with Crippen LogP contribution in [0.2, 0.25) is 0 Å². The van der Waals surface area contributed by atoms with Crippen molar-refractivity contribution in [2.45, 2.75) is 13.8 Å². The second-order valence-corrected chi connectivity index (χ2v) is 5.03. The number of nitrogens with one attached hydrogen (secondary N) is 1. The molecule has 3 heteroatoms. The van der Waals surface area contributed by atoms with Gasteiger partial charge in [-0.25, -0.2) is 0 Å². The van der Waals surface area contributed by atoms with Crippen molar-refractivity contribution in [3.63, 3.8) is 0 Å². The monoisotopic (exact) mass is 290 g/mol. The quantitative estimate of drug-likeness (QED) is 0.805. The fourth-order valence-corrected chi connectivity index (χ4v) is 2.22. The molecule has 17 heavy (non-hydrogen) atoms. The molecular weight excluding hydrogens is 276 g/mol. The molecule has 2 aromatic rings. The van der Waals surface area contributed by atoms with Crippen LogP contribution in [0.5, 0.6) is 0 Å². The lowest BCUT2D eigenvalue weighted by molar-refractivity contribution is 1.41. The number of hydrogen-bond donors (Lipinski definition) is 2. The van der Waals surface area contributed by atoms with E-state index >= 15 is 0 Å². The number of rotatable bonds is 2. The average Bonchev–Trinajstić information content (AvgIpc) is 2.27. The maximum atomic E-state index is 5.79. The number of halogens is 1. The molecular formula is C14H15BrN2. The van der Waals surface area contributed by atoms with Gasteiger partial charge in [0.2, 0.25) is 0 Å². The predicted octanol–water partition coefficient (Wildman–Crippen LogP) is 4.39. The number of aryl methyl sites for hydroxylation is 2. The van der Waals surface area contributed by atoms with E-state index in [0.29, 0.717) is 0 Å². The van der Waals surface area contributed by atoms with Gasteiger partial charge in [-0.2, -0.15) is 0 Å². The molecule has 0 fully saturated rings. The van der Waals surface area contributed by atoms with Gasteiger partial charge in [0.25, 0.3) is 0 Å². The van der Waals surface area contributed by atoms with Gasteiger partial charge < -0.3 is 11.1 Å². The molecule has 0 saturated carbocycles. The molecule has 0 unspecified atom stereocenters. The highest BCUT2D eigenvalue weighted by molar-refractivity contribution is 9.10. The fraction of sp³-hybridized carbons (Fsp3) is 0.143. The normalized spacial score (nSPS) is 10.3. The minimum atomic E-state index is 0.818. The maximum absolute atomic E-state index is 5.79. The first-order chi connectivity index (χ1) is 8.06. The smallest absolute Gasteiger partial charge is 0.0528 e. The maximum Gasteiger partial charge on any atom is 0.0528 e. The van der Waals surface area contributed by atoms with Gasteiger partial charge >= 0.3 is 0 Å². The van der Waals surface area contributed by atoms with Crippen molar-refractivity contribution in [3.8, 4) is 0 Å². The molecule has 3 N–H and O–H groups in total. The van der Waals surface area contributed by atoms with Crippen LogP contribution in [-0.2, 0) is 0 Å².